The van der Waals surface area contributed by atoms with Gasteiger partial charge in [-0.2, -0.15) is 0 Å². The Balaban J connectivity index is 1.55. The molecule has 0 bridgehead atoms. The van der Waals surface area contributed by atoms with Gasteiger partial charge in [-0.1, -0.05) is 41.9 Å². The highest BCUT2D eigenvalue weighted by Gasteiger charge is 2.24. The summed E-state index contributed by atoms with van der Waals surface area (Å²) in [6.07, 6.45) is 0.920. The maximum Gasteiger partial charge on any atom is 0.240 e. The molecule has 3 aromatic rings. The molecule has 3 aromatic carbocycles. The predicted molar refractivity (Wildman–Crippen MR) is 116 cm³/mol. The van der Waals surface area contributed by atoms with E-state index in [2.05, 4.69) is 16.3 Å². The van der Waals surface area contributed by atoms with Crippen LogP contribution in [0.1, 0.15) is 5.56 Å². The van der Waals surface area contributed by atoms with E-state index in [-0.39, 0.29) is 4.90 Å². The Labute approximate surface area is 174 Å². The molecular weight excluding hydrogens is 408 g/mol. The standard InChI is InChI=1S/C22H19ClN2O3S/c23-17-9-11-18(12-10-17)29(27,28)15-22(26)24-19-6-2-4-8-21(19)25-14-13-16-5-1-3-7-20(16)25/h1-12H,13-15H2,(H,24,26). The molecule has 4 rings (SSSR count). The molecule has 1 amide bonds. The van der Waals surface area contributed by atoms with Crippen molar-refractivity contribution in [3.05, 3.63) is 83.4 Å². The molecule has 0 fully saturated rings. The molecule has 1 heterocycles. The van der Waals surface area contributed by atoms with E-state index < -0.39 is 21.5 Å². The van der Waals surface area contributed by atoms with E-state index in [1.54, 1.807) is 6.07 Å². The number of anilines is 3. The van der Waals surface area contributed by atoms with Gasteiger partial charge in [0.25, 0.3) is 0 Å². The first-order valence-electron chi connectivity index (χ1n) is 9.17. The molecule has 0 unspecified atom stereocenters. The van der Waals surface area contributed by atoms with Gasteiger partial charge < -0.3 is 10.2 Å². The zero-order valence-electron chi connectivity index (χ0n) is 15.5. The van der Waals surface area contributed by atoms with Crippen molar-refractivity contribution in [1.82, 2.24) is 0 Å². The second-order valence-electron chi connectivity index (χ2n) is 6.81. The van der Waals surface area contributed by atoms with Gasteiger partial charge in [0.1, 0.15) is 5.75 Å². The zero-order chi connectivity index (χ0) is 20.4. The summed E-state index contributed by atoms with van der Waals surface area (Å²) in [5.41, 5.74) is 3.78. The van der Waals surface area contributed by atoms with E-state index in [0.29, 0.717) is 10.7 Å². The Morgan fingerprint density at radius 3 is 2.34 bits per heavy atom. The van der Waals surface area contributed by atoms with Crippen molar-refractivity contribution in [1.29, 1.82) is 0 Å². The Bertz CT molecular complexity index is 1160. The van der Waals surface area contributed by atoms with Crippen molar-refractivity contribution in [3.8, 4) is 0 Å². The fourth-order valence-corrected chi connectivity index (χ4v) is 4.75. The third-order valence-electron chi connectivity index (χ3n) is 4.85. The smallest absolute Gasteiger partial charge is 0.240 e. The third-order valence-corrected chi connectivity index (χ3v) is 6.73. The van der Waals surface area contributed by atoms with E-state index in [1.807, 2.05) is 36.4 Å². The molecular formula is C22H19ClN2O3S. The van der Waals surface area contributed by atoms with Crippen LogP contribution in [0, 0.1) is 0 Å². The molecule has 5 nitrogen and oxygen atoms in total. The quantitative estimate of drug-likeness (QED) is 0.654. The first kappa shape index (κ1) is 19.5. The highest BCUT2D eigenvalue weighted by atomic mass is 35.5. The Morgan fingerprint density at radius 2 is 1.59 bits per heavy atom. The van der Waals surface area contributed by atoms with Crippen LogP contribution in [0.5, 0.6) is 0 Å². The number of rotatable bonds is 5. The van der Waals surface area contributed by atoms with Gasteiger partial charge in [0.15, 0.2) is 9.84 Å². The monoisotopic (exact) mass is 426 g/mol. The van der Waals surface area contributed by atoms with Gasteiger partial charge in [0.2, 0.25) is 5.91 Å². The molecule has 0 aromatic heterocycles. The van der Waals surface area contributed by atoms with Crippen LogP contribution in [0.15, 0.2) is 77.7 Å². The van der Waals surface area contributed by atoms with E-state index in [1.165, 1.54) is 29.8 Å². The molecule has 0 saturated heterocycles. The van der Waals surface area contributed by atoms with E-state index in [9.17, 15) is 13.2 Å². The molecule has 0 atom stereocenters. The highest BCUT2D eigenvalue weighted by molar-refractivity contribution is 7.92. The fraction of sp³-hybridized carbons (Fsp3) is 0.136. The molecule has 7 heteroatoms. The van der Waals surface area contributed by atoms with Crippen LogP contribution in [0.4, 0.5) is 17.1 Å². The molecule has 0 spiro atoms. The van der Waals surface area contributed by atoms with Crippen LogP contribution in [0.3, 0.4) is 0 Å². The summed E-state index contributed by atoms with van der Waals surface area (Å²) in [5, 5.41) is 3.21. The van der Waals surface area contributed by atoms with E-state index in [0.717, 1.165) is 24.3 Å². The lowest BCUT2D eigenvalue weighted by molar-refractivity contribution is -0.113. The van der Waals surface area contributed by atoms with Gasteiger partial charge in [-0.25, -0.2) is 8.42 Å². The number of hydrogen-bond donors (Lipinski definition) is 1. The minimum atomic E-state index is -3.76. The maximum absolute atomic E-state index is 12.5. The number of para-hydroxylation sites is 3. The molecule has 0 saturated carbocycles. The van der Waals surface area contributed by atoms with Crippen LogP contribution in [0.2, 0.25) is 5.02 Å². The van der Waals surface area contributed by atoms with E-state index >= 15 is 0 Å². The summed E-state index contributed by atoms with van der Waals surface area (Å²) in [7, 11) is -3.76. The Kier molecular flexibility index (Phi) is 5.30. The van der Waals surface area contributed by atoms with Crippen LogP contribution < -0.4 is 10.2 Å². The summed E-state index contributed by atoms with van der Waals surface area (Å²) in [4.78, 5) is 14.8. The minimum Gasteiger partial charge on any atom is -0.339 e. The second kappa shape index (κ2) is 7.89. The summed E-state index contributed by atoms with van der Waals surface area (Å²) >= 11 is 5.81. The van der Waals surface area contributed by atoms with Crippen molar-refractivity contribution >= 4 is 44.4 Å². The number of sulfone groups is 1. The molecule has 1 aliphatic heterocycles. The maximum atomic E-state index is 12.5. The largest absolute Gasteiger partial charge is 0.339 e. The lowest BCUT2D eigenvalue weighted by atomic mass is 10.2. The lowest BCUT2D eigenvalue weighted by Gasteiger charge is -2.23. The van der Waals surface area contributed by atoms with Crippen LogP contribution in [-0.2, 0) is 21.1 Å². The lowest BCUT2D eigenvalue weighted by Crippen LogP contribution is -2.24. The average Bonchev–Trinajstić information content (AvgIpc) is 3.12. The molecule has 0 radical (unpaired) electrons. The topological polar surface area (TPSA) is 66.5 Å². The van der Waals surface area contributed by atoms with Crippen LogP contribution in [0.25, 0.3) is 0 Å². The Morgan fingerprint density at radius 1 is 0.931 bits per heavy atom. The number of carbonyl (C=O) groups excluding carboxylic acids is 1. The number of nitrogens with one attached hydrogen (secondary N) is 1. The van der Waals surface area contributed by atoms with Crippen molar-refractivity contribution < 1.29 is 13.2 Å². The van der Waals surface area contributed by atoms with E-state index in [4.69, 9.17) is 11.6 Å². The van der Waals surface area contributed by atoms with Crippen molar-refractivity contribution in [3.63, 3.8) is 0 Å². The summed E-state index contributed by atoms with van der Waals surface area (Å²) in [5.74, 6) is -1.22. The number of halogens is 1. The summed E-state index contributed by atoms with van der Waals surface area (Å²) in [6, 6.07) is 21.3. The minimum absolute atomic E-state index is 0.0683. The normalized spacial score (nSPS) is 13.2. The van der Waals surface area contributed by atoms with Crippen LogP contribution in [-0.4, -0.2) is 26.6 Å². The fourth-order valence-electron chi connectivity index (χ4n) is 3.49. The van der Waals surface area contributed by atoms with Gasteiger partial charge in [0.05, 0.1) is 16.3 Å². The van der Waals surface area contributed by atoms with Gasteiger partial charge in [0, 0.05) is 17.3 Å². The van der Waals surface area contributed by atoms with Gasteiger partial charge in [-0.3, -0.25) is 4.79 Å². The molecule has 1 N–H and O–H groups in total. The molecule has 1 aliphatic rings. The predicted octanol–water partition coefficient (Wildman–Crippen LogP) is 4.45. The number of hydrogen-bond acceptors (Lipinski definition) is 4. The van der Waals surface area contributed by atoms with Crippen molar-refractivity contribution in [2.45, 2.75) is 11.3 Å². The highest BCUT2D eigenvalue weighted by Crippen LogP contribution is 2.38. The number of amides is 1. The number of nitrogens with zero attached hydrogens (tertiary/aromatic N) is 1. The molecule has 0 aliphatic carbocycles. The second-order valence-corrected chi connectivity index (χ2v) is 9.23. The van der Waals surface area contributed by atoms with Crippen molar-refractivity contribution in [2.24, 2.45) is 0 Å². The van der Waals surface area contributed by atoms with Crippen molar-refractivity contribution in [2.75, 3.05) is 22.5 Å². The average molecular weight is 427 g/mol. The number of carbonyl (C=O) groups is 1. The molecule has 29 heavy (non-hydrogen) atoms. The SMILES string of the molecule is O=C(CS(=O)(=O)c1ccc(Cl)cc1)Nc1ccccc1N1CCc2ccccc21. The zero-order valence-corrected chi connectivity index (χ0v) is 17.1. The number of benzene rings is 3. The third kappa shape index (κ3) is 4.13. The summed E-state index contributed by atoms with van der Waals surface area (Å²) in [6.45, 7) is 0.801. The Hall–Kier alpha value is -2.83. The molecule has 148 valence electrons. The van der Waals surface area contributed by atoms with Gasteiger partial charge in [-0.15, -0.1) is 0 Å². The first-order chi connectivity index (χ1) is 13.9. The van der Waals surface area contributed by atoms with Crippen LogP contribution >= 0.6 is 11.6 Å². The van der Waals surface area contributed by atoms with Gasteiger partial charge >= 0.3 is 0 Å². The van der Waals surface area contributed by atoms with Gasteiger partial charge in [-0.05, 0) is 54.4 Å². The number of fused-ring (bicyclic) bond motifs is 1. The summed E-state index contributed by atoms with van der Waals surface area (Å²) < 4.78 is 25.1. The first-order valence-corrected chi connectivity index (χ1v) is 11.2.